The van der Waals surface area contributed by atoms with Gasteiger partial charge in [-0.2, -0.15) is 0 Å². The minimum absolute atomic E-state index is 0.0455. The Balaban J connectivity index is 1.71. The van der Waals surface area contributed by atoms with Gasteiger partial charge in [0.2, 0.25) is 5.91 Å². The van der Waals surface area contributed by atoms with E-state index >= 15 is 0 Å². The van der Waals surface area contributed by atoms with Gasteiger partial charge < -0.3 is 15.0 Å². The van der Waals surface area contributed by atoms with E-state index in [-0.39, 0.29) is 17.6 Å². The molecular formula is C15H17N3O2. The van der Waals surface area contributed by atoms with Crippen molar-refractivity contribution >= 4 is 5.91 Å². The van der Waals surface area contributed by atoms with Crippen LogP contribution in [0.4, 0.5) is 0 Å². The van der Waals surface area contributed by atoms with E-state index in [1.165, 1.54) is 0 Å². The van der Waals surface area contributed by atoms with E-state index < -0.39 is 0 Å². The summed E-state index contributed by atoms with van der Waals surface area (Å²) in [5, 5.41) is 12.8. The Morgan fingerprint density at radius 3 is 3.15 bits per heavy atom. The minimum Gasteiger partial charge on any atom is -0.508 e. The Labute approximate surface area is 117 Å². The minimum atomic E-state index is -0.255. The number of rotatable bonds is 3. The summed E-state index contributed by atoms with van der Waals surface area (Å²) in [6.45, 7) is 0.416. The van der Waals surface area contributed by atoms with Gasteiger partial charge >= 0.3 is 0 Å². The number of phenols is 1. The molecule has 104 valence electrons. The summed E-state index contributed by atoms with van der Waals surface area (Å²) in [6.07, 6.45) is 5.17. The molecule has 1 amide bonds. The summed E-state index contributed by atoms with van der Waals surface area (Å²) in [5.41, 5.74) is 2.69. The SMILES string of the molecule is Cn1cnc(CNC(=O)C2CCc3cccc(O)c32)c1. The van der Waals surface area contributed by atoms with Gasteiger partial charge in [-0.25, -0.2) is 4.98 Å². The number of imidazole rings is 1. The number of hydrogen-bond acceptors (Lipinski definition) is 3. The molecule has 0 aliphatic heterocycles. The fraction of sp³-hybridized carbons (Fsp3) is 0.333. The molecule has 20 heavy (non-hydrogen) atoms. The average Bonchev–Trinajstić information content (AvgIpc) is 3.03. The number of phenolic OH excluding ortho intramolecular Hbond substituents is 1. The van der Waals surface area contributed by atoms with Crippen LogP contribution in [-0.2, 0) is 24.8 Å². The van der Waals surface area contributed by atoms with Crippen LogP contribution in [0.1, 0.15) is 29.2 Å². The molecule has 5 nitrogen and oxygen atoms in total. The Kier molecular flexibility index (Phi) is 3.18. The van der Waals surface area contributed by atoms with Gasteiger partial charge in [-0.1, -0.05) is 12.1 Å². The first kappa shape index (κ1) is 12.7. The van der Waals surface area contributed by atoms with Crippen molar-refractivity contribution in [3.63, 3.8) is 0 Å². The summed E-state index contributed by atoms with van der Waals surface area (Å²) in [6, 6.07) is 5.44. The smallest absolute Gasteiger partial charge is 0.228 e. The number of benzene rings is 1. The van der Waals surface area contributed by atoms with Gasteiger partial charge in [-0.15, -0.1) is 0 Å². The van der Waals surface area contributed by atoms with Crippen molar-refractivity contribution in [3.05, 3.63) is 47.5 Å². The maximum Gasteiger partial charge on any atom is 0.228 e. The molecule has 1 aliphatic rings. The van der Waals surface area contributed by atoms with Crippen LogP contribution < -0.4 is 5.32 Å². The van der Waals surface area contributed by atoms with Crippen molar-refractivity contribution < 1.29 is 9.90 Å². The topological polar surface area (TPSA) is 67.2 Å². The van der Waals surface area contributed by atoms with Crippen molar-refractivity contribution in [3.8, 4) is 5.75 Å². The maximum absolute atomic E-state index is 12.3. The van der Waals surface area contributed by atoms with Crippen molar-refractivity contribution in [1.29, 1.82) is 0 Å². The Bertz CT molecular complexity index is 648. The van der Waals surface area contributed by atoms with Gasteiger partial charge in [0.15, 0.2) is 0 Å². The summed E-state index contributed by atoms with van der Waals surface area (Å²) in [7, 11) is 1.89. The quantitative estimate of drug-likeness (QED) is 0.888. The first-order valence-corrected chi connectivity index (χ1v) is 6.70. The Morgan fingerprint density at radius 1 is 1.55 bits per heavy atom. The van der Waals surface area contributed by atoms with Crippen LogP contribution in [0, 0.1) is 0 Å². The highest BCUT2D eigenvalue weighted by Crippen LogP contribution is 2.38. The predicted octanol–water partition coefficient (Wildman–Crippen LogP) is 1.47. The second kappa shape index (κ2) is 5.00. The number of nitrogens with zero attached hydrogens (tertiary/aromatic N) is 2. The van der Waals surface area contributed by atoms with E-state index in [1.54, 1.807) is 12.4 Å². The van der Waals surface area contributed by atoms with E-state index in [4.69, 9.17) is 0 Å². The first-order valence-electron chi connectivity index (χ1n) is 6.70. The fourth-order valence-electron chi connectivity index (χ4n) is 2.79. The lowest BCUT2D eigenvalue weighted by Gasteiger charge is -2.12. The van der Waals surface area contributed by atoms with E-state index in [9.17, 15) is 9.90 Å². The number of carbonyl (C=O) groups is 1. The van der Waals surface area contributed by atoms with Crippen LogP contribution in [0.3, 0.4) is 0 Å². The van der Waals surface area contributed by atoms with Crippen molar-refractivity contribution in [1.82, 2.24) is 14.9 Å². The molecular weight excluding hydrogens is 254 g/mol. The molecule has 1 atom stereocenters. The highest BCUT2D eigenvalue weighted by molar-refractivity contribution is 5.85. The number of aromatic nitrogens is 2. The van der Waals surface area contributed by atoms with Gasteiger partial charge in [-0.3, -0.25) is 4.79 Å². The molecule has 0 spiro atoms. The van der Waals surface area contributed by atoms with Crippen LogP contribution in [0.15, 0.2) is 30.7 Å². The van der Waals surface area contributed by atoms with Crippen molar-refractivity contribution in [2.24, 2.45) is 7.05 Å². The standard InChI is InChI=1S/C15H17N3O2/c1-18-8-11(17-9-18)7-16-15(20)12-6-5-10-3-2-4-13(19)14(10)12/h2-4,8-9,12,19H,5-7H2,1H3,(H,16,20). The van der Waals surface area contributed by atoms with Gasteiger partial charge in [0.1, 0.15) is 5.75 Å². The highest BCUT2D eigenvalue weighted by Gasteiger charge is 2.30. The monoisotopic (exact) mass is 271 g/mol. The van der Waals surface area contributed by atoms with Crippen molar-refractivity contribution in [2.75, 3.05) is 0 Å². The Hall–Kier alpha value is -2.30. The van der Waals surface area contributed by atoms with E-state index in [0.717, 1.165) is 29.7 Å². The summed E-state index contributed by atoms with van der Waals surface area (Å²) >= 11 is 0. The summed E-state index contributed by atoms with van der Waals surface area (Å²) < 4.78 is 1.85. The Morgan fingerprint density at radius 2 is 2.40 bits per heavy atom. The maximum atomic E-state index is 12.3. The third-order valence-corrected chi connectivity index (χ3v) is 3.74. The van der Waals surface area contributed by atoms with Gasteiger partial charge in [0, 0.05) is 18.8 Å². The van der Waals surface area contributed by atoms with Gasteiger partial charge in [0.25, 0.3) is 0 Å². The molecule has 1 unspecified atom stereocenters. The highest BCUT2D eigenvalue weighted by atomic mass is 16.3. The number of carbonyl (C=O) groups excluding carboxylic acids is 1. The number of fused-ring (bicyclic) bond motifs is 1. The fourth-order valence-corrected chi connectivity index (χ4v) is 2.79. The molecule has 0 radical (unpaired) electrons. The van der Waals surface area contributed by atoms with E-state index in [2.05, 4.69) is 10.3 Å². The number of nitrogens with one attached hydrogen (secondary N) is 1. The molecule has 0 bridgehead atoms. The largest absolute Gasteiger partial charge is 0.508 e. The molecule has 1 aromatic heterocycles. The van der Waals surface area contributed by atoms with Gasteiger partial charge in [0.05, 0.1) is 24.5 Å². The van der Waals surface area contributed by atoms with Crippen molar-refractivity contribution in [2.45, 2.75) is 25.3 Å². The first-order chi connectivity index (χ1) is 9.65. The molecule has 1 aromatic carbocycles. The molecule has 0 saturated carbocycles. The lowest BCUT2D eigenvalue weighted by molar-refractivity contribution is -0.122. The molecule has 5 heteroatoms. The second-order valence-electron chi connectivity index (χ2n) is 5.19. The van der Waals surface area contributed by atoms with Gasteiger partial charge in [-0.05, 0) is 24.5 Å². The normalized spacial score (nSPS) is 16.9. The average molecular weight is 271 g/mol. The van der Waals surface area contributed by atoms with E-state index in [0.29, 0.717) is 6.54 Å². The lowest BCUT2D eigenvalue weighted by Crippen LogP contribution is -2.28. The van der Waals surface area contributed by atoms with Crippen LogP contribution >= 0.6 is 0 Å². The third kappa shape index (κ3) is 2.27. The molecule has 2 N–H and O–H groups in total. The van der Waals surface area contributed by atoms with Crippen LogP contribution in [0.5, 0.6) is 5.75 Å². The zero-order valence-corrected chi connectivity index (χ0v) is 11.3. The lowest BCUT2D eigenvalue weighted by atomic mass is 9.99. The molecule has 1 aliphatic carbocycles. The third-order valence-electron chi connectivity index (χ3n) is 3.74. The predicted molar refractivity (Wildman–Crippen MR) is 74.2 cm³/mol. The zero-order valence-electron chi connectivity index (χ0n) is 11.3. The molecule has 1 heterocycles. The summed E-state index contributed by atoms with van der Waals surface area (Å²) in [4.78, 5) is 16.5. The number of hydrogen-bond donors (Lipinski definition) is 2. The molecule has 2 aromatic rings. The van der Waals surface area contributed by atoms with Crippen LogP contribution in [0.25, 0.3) is 0 Å². The number of aryl methyl sites for hydroxylation is 2. The van der Waals surface area contributed by atoms with Crippen LogP contribution in [-0.4, -0.2) is 20.6 Å². The zero-order chi connectivity index (χ0) is 14.1. The second-order valence-corrected chi connectivity index (χ2v) is 5.19. The molecule has 0 saturated heterocycles. The molecule has 3 rings (SSSR count). The molecule has 0 fully saturated rings. The van der Waals surface area contributed by atoms with Crippen LogP contribution in [0.2, 0.25) is 0 Å². The number of aromatic hydroxyl groups is 1. The van der Waals surface area contributed by atoms with E-state index in [1.807, 2.05) is 29.9 Å². The summed E-state index contributed by atoms with van der Waals surface area (Å²) in [5.74, 6) is -0.0798. The number of amides is 1.